The summed E-state index contributed by atoms with van der Waals surface area (Å²) in [5.74, 6) is 0. The highest BCUT2D eigenvalue weighted by Crippen LogP contribution is 2.00. The molecule has 0 rings (SSSR count). The van der Waals surface area contributed by atoms with Gasteiger partial charge in [0.05, 0.1) is 5.41 Å². The zero-order chi connectivity index (χ0) is 9.99. The summed E-state index contributed by atoms with van der Waals surface area (Å²) in [7, 11) is -8.62. The highest BCUT2D eigenvalue weighted by molar-refractivity contribution is 7.89. The molecule has 1 unspecified atom stereocenters. The van der Waals surface area contributed by atoms with Crippen LogP contribution in [0.25, 0.3) is 0 Å². The first-order valence-electron chi connectivity index (χ1n) is 2.75. The quantitative estimate of drug-likeness (QED) is 0.625. The van der Waals surface area contributed by atoms with Gasteiger partial charge in [0.15, 0.2) is 0 Å². The standard InChI is InChI=1S/C4H8O6S2/c1-4(12(8,9)10)2-3-11(5,6)7/h2-4H,1H3,(H,5,6,7)(H,8,9,10). The molecule has 72 valence electrons. The minimum atomic E-state index is -4.34. The topological polar surface area (TPSA) is 109 Å². The van der Waals surface area contributed by atoms with Crippen molar-refractivity contribution in [1.29, 1.82) is 0 Å². The molecule has 0 radical (unpaired) electrons. The Balaban J connectivity index is 4.62. The summed E-state index contributed by atoms with van der Waals surface area (Å²) in [5, 5.41) is -1.06. The summed E-state index contributed by atoms with van der Waals surface area (Å²) in [6, 6.07) is 0. The molecular formula is C4H8O6S2. The Morgan fingerprint density at radius 2 is 1.58 bits per heavy atom. The molecule has 6 nitrogen and oxygen atoms in total. The molecule has 12 heavy (non-hydrogen) atoms. The maximum atomic E-state index is 10.3. The monoisotopic (exact) mass is 216 g/mol. The van der Waals surface area contributed by atoms with Gasteiger partial charge in [-0.15, -0.1) is 0 Å². The van der Waals surface area contributed by atoms with E-state index in [2.05, 4.69) is 0 Å². The molecule has 0 fully saturated rings. The van der Waals surface area contributed by atoms with Crippen LogP contribution in [0.1, 0.15) is 6.92 Å². The normalized spacial score (nSPS) is 16.6. The molecule has 0 bridgehead atoms. The predicted octanol–water partition coefficient (Wildman–Crippen LogP) is -0.336. The number of hydrogen-bond donors (Lipinski definition) is 2. The molecule has 0 aliphatic rings. The predicted molar refractivity (Wildman–Crippen MR) is 41.7 cm³/mol. The second-order valence-electron chi connectivity index (χ2n) is 2.06. The summed E-state index contributed by atoms with van der Waals surface area (Å²) in [6.07, 6.45) is 0.657. The molecule has 0 aromatic heterocycles. The summed E-state index contributed by atoms with van der Waals surface area (Å²) < 4.78 is 57.1. The molecular weight excluding hydrogens is 208 g/mol. The maximum absolute atomic E-state index is 10.3. The van der Waals surface area contributed by atoms with Crippen LogP contribution in [0, 0.1) is 0 Å². The van der Waals surface area contributed by atoms with E-state index in [0.29, 0.717) is 11.5 Å². The van der Waals surface area contributed by atoms with Gasteiger partial charge in [0.1, 0.15) is 5.25 Å². The molecule has 0 heterocycles. The van der Waals surface area contributed by atoms with Crippen LogP contribution in [0.3, 0.4) is 0 Å². The molecule has 0 aliphatic carbocycles. The molecule has 0 aromatic carbocycles. The van der Waals surface area contributed by atoms with E-state index in [4.69, 9.17) is 9.11 Å². The van der Waals surface area contributed by atoms with Crippen LogP contribution in [0.15, 0.2) is 11.5 Å². The van der Waals surface area contributed by atoms with Crippen LogP contribution in [0.4, 0.5) is 0 Å². The molecule has 0 saturated heterocycles. The Labute approximate surface area is 70.4 Å². The lowest BCUT2D eigenvalue weighted by Crippen LogP contribution is -2.13. The molecule has 1 atom stereocenters. The summed E-state index contributed by atoms with van der Waals surface area (Å²) in [6.45, 7) is 1.07. The fourth-order valence-corrected chi connectivity index (χ4v) is 1.12. The fourth-order valence-electron chi connectivity index (χ4n) is 0.309. The van der Waals surface area contributed by atoms with Crippen LogP contribution >= 0.6 is 0 Å². The van der Waals surface area contributed by atoms with Crippen LogP contribution < -0.4 is 0 Å². The van der Waals surface area contributed by atoms with Gasteiger partial charge in [-0.1, -0.05) is 6.08 Å². The van der Waals surface area contributed by atoms with E-state index in [-0.39, 0.29) is 0 Å². The van der Waals surface area contributed by atoms with Crippen LogP contribution in [0.2, 0.25) is 0 Å². The first-order chi connectivity index (χ1) is 5.13. The lowest BCUT2D eigenvalue weighted by Gasteiger charge is -1.98. The molecule has 0 aliphatic heterocycles. The summed E-state index contributed by atoms with van der Waals surface area (Å²) >= 11 is 0. The van der Waals surface area contributed by atoms with Gasteiger partial charge < -0.3 is 0 Å². The molecule has 0 spiro atoms. The second-order valence-corrected chi connectivity index (χ2v) is 5.14. The van der Waals surface area contributed by atoms with E-state index < -0.39 is 25.5 Å². The zero-order valence-corrected chi connectivity index (χ0v) is 7.71. The molecule has 2 N–H and O–H groups in total. The lowest BCUT2D eigenvalue weighted by atomic mass is 10.5. The van der Waals surface area contributed by atoms with Crippen LogP contribution in [-0.2, 0) is 20.2 Å². The summed E-state index contributed by atoms with van der Waals surface area (Å²) in [5.41, 5.74) is 0. The highest BCUT2D eigenvalue weighted by atomic mass is 32.2. The average molecular weight is 216 g/mol. The number of hydrogen-bond acceptors (Lipinski definition) is 4. The van der Waals surface area contributed by atoms with E-state index in [0.717, 1.165) is 6.92 Å². The minimum absolute atomic E-state index is 0.297. The number of rotatable bonds is 3. The van der Waals surface area contributed by atoms with Gasteiger partial charge in [-0.3, -0.25) is 9.11 Å². The minimum Gasteiger partial charge on any atom is -0.285 e. The van der Waals surface area contributed by atoms with Gasteiger partial charge in [-0.25, -0.2) is 0 Å². The zero-order valence-electron chi connectivity index (χ0n) is 6.08. The third-order valence-electron chi connectivity index (χ3n) is 0.991. The summed E-state index contributed by atoms with van der Waals surface area (Å²) in [4.78, 5) is 0. The van der Waals surface area contributed by atoms with Gasteiger partial charge in [-0.05, 0) is 6.92 Å². The van der Waals surface area contributed by atoms with Crippen molar-refractivity contribution >= 4 is 20.2 Å². The van der Waals surface area contributed by atoms with E-state index in [1.54, 1.807) is 0 Å². The van der Waals surface area contributed by atoms with Crippen LogP contribution in [0.5, 0.6) is 0 Å². The third kappa shape index (κ3) is 5.24. The van der Waals surface area contributed by atoms with Crippen molar-refractivity contribution in [2.75, 3.05) is 0 Å². The highest BCUT2D eigenvalue weighted by Gasteiger charge is 2.14. The van der Waals surface area contributed by atoms with Crippen LogP contribution in [-0.4, -0.2) is 31.2 Å². The Morgan fingerprint density at radius 3 is 1.83 bits per heavy atom. The first kappa shape index (κ1) is 11.6. The smallest absolute Gasteiger partial charge is 0.285 e. The molecule has 0 aromatic rings. The molecule has 8 heteroatoms. The fraction of sp³-hybridized carbons (Fsp3) is 0.500. The van der Waals surface area contributed by atoms with Gasteiger partial charge in [0, 0.05) is 0 Å². The largest absolute Gasteiger partial charge is 0.287 e. The molecule has 0 saturated carbocycles. The van der Waals surface area contributed by atoms with Crippen molar-refractivity contribution in [3.05, 3.63) is 11.5 Å². The van der Waals surface area contributed by atoms with Gasteiger partial charge >= 0.3 is 0 Å². The van der Waals surface area contributed by atoms with Crippen molar-refractivity contribution in [1.82, 2.24) is 0 Å². The van der Waals surface area contributed by atoms with Gasteiger partial charge in [0.2, 0.25) is 0 Å². The van der Waals surface area contributed by atoms with Gasteiger partial charge in [-0.2, -0.15) is 16.8 Å². The first-order valence-corrected chi connectivity index (χ1v) is 5.75. The van der Waals surface area contributed by atoms with Crippen molar-refractivity contribution < 1.29 is 25.9 Å². The van der Waals surface area contributed by atoms with Crippen molar-refractivity contribution in [2.24, 2.45) is 0 Å². The Kier molecular flexibility index (Phi) is 3.39. The molecule has 0 amide bonds. The van der Waals surface area contributed by atoms with Gasteiger partial charge in [0.25, 0.3) is 20.2 Å². The maximum Gasteiger partial charge on any atom is 0.287 e. The van der Waals surface area contributed by atoms with E-state index in [1.807, 2.05) is 0 Å². The second kappa shape index (κ2) is 3.52. The Bertz CT molecular complexity index is 360. The SMILES string of the molecule is CC(C=CS(=O)(=O)O)S(=O)(=O)O. The van der Waals surface area contributed by atoms with E-state index >= 15 is 0 Å². The Hall–Kier alpha value is -0.440. The van der Waals surface area contributed by atoms with Crippen molar-refractivity contribution in [3.63, 3.8) is 0 Å². The van der Waals surface area contributed by atoms with E-state index in [1.165, 1.54) is 0 Å². The van der Waals surface area contributed by atoms with Crippen molar-refractivity contribution in [2.45, 2.75) is 12.2 Å². The third-order valence-corrected chi connectivity index (χ3v) is 2.59. The van der Waals surface area contributed by atoms with Crippen molar-refractivity contribution in [3.8, 4) is 0 Å². The lowest BCUT2D eigenvalue weighted by molar-refractivity contribution is 0.477. The average Bonchev–Trinajstić information content (AvgIpc) is 1.78. The van der Waals surface area contributed by atoms with E-state index in [9.17, 15) is 16.8 Å². The Morgan fingerprint density at radius 1 is 1.17 bits per heavy atom.